The van der Waals surface area contributed by atoms with Crippen LogP contribution in [0.5, 0.6) is 0 Å². The Morgan fingerprint density at radius 2 is 1.79 bits per heavy atom. The highest BCUT2D eigenvalue weighted by molar-refractivity contribution is 7.99. The van der Waals surface area contributed by atoms with Crippen molar-refractivity contribution in [1.82, 2.24) is 14.7 Å². The van der Waals surface area contributed by atoms with Gasteiger partial charge in [0.2, 0.25) is 5.95 Å². The zero-order chi connectivity index (χ0) is 28.3. The van der Waals surface area contributed by atoms with E-state index in [0.717, 1.165) is 26.6 Å². The van der Waals surface area contributed by atoms with Gasteiger partial charge < -0.3 is 4.43 Å². The van der Waals surface area contributed by atoms with Gasteiger partial charge in [-0.3, -0.25) is 0 Å². The van der Waals surface area contributed by atoms with Crippen LogP contribution in [-0.2, 0) is 28.6 Å². The molecule has 38 heavy (non-hydrogen) atoms. The molecule has 0 bridgehead atoms. The third-order valence-corrected chi connectivity index (χ3v) is 14.3. The lowest BCUT2D eigenvalue weighted by atomic mass is 10.0. The molecule has 0 fully saturated rings. The van der Waals surface area contributed by atoms with Crippen molar-refractivity contribution in [1.29, 1.82) is 0 Å². The van der Waals surface area contributed by atoms with E-state index < -0.39 is 30.0 Å². The second-order valence-corrected chi connectivity index (χ2v) is 19.9. The summed E-state index contributed by atoms with van der Waals surface area (Å²) in [6, 6.07) is 10.7. The fourth-order valence-electron chi connectivity index (χ4n) is 3.28. The maximum atomic E-state index is 14.1. The lowest BCUT2D eigenvalue weighted by Crippen LogP contribution is -2.40. The third-order valence-electron chi connectivity index (χ3n) is 6.63. The minimum absolute atomic E-state index is 0.0848. The maximum absolute atomic E-state index is 14.1. The summed E-state index contributed by atoms with van der Waals surface area (Å²) in [5.74, 6) is -0.571. The lowest BCUT2D eigenvalue weighted by Gasteiger charge is -2.36. The van der Waals surface area contributed by atoms with Crippen molar-refractivity contribution in [3.05, 3.63) is 70.9 Å². The van der Waals surface area contributed by atoms with E-state index in [-0.39, 0.29) is 11.6 Å². The van der Waals surface area contributed by atoms with Crippen molar-refractivity contribution in [2.45, 2.75) is 87.5 Å². The van der Waals surface area contributed by atoms with Gasteiger partial charge in [-0.15, -0.1) is 0 Å². The monoisotopic (exact) mass is 593 g/mol. The molecule has 1 N–H and O–H groups in total. The molecule has 0 radical (unpaired) electrons. The molecule has 206 valence electrons. The van der Waals surface area contributed by atoms with Gasteiger partial charge >= 0.3 is 0 Å². The van der Waals surface area contributed by atoms with Crippen molar-refractivity contribution >= 4 is 42.7 Å². The van der Waals surface area contributed by atoms with Gasteiger partial charge in [0, 0.05) is 35.5 Å². The lowest BCUT2D eigenvalue weighted by molar-refractivity contribution is 0.273. The van der Waals surface area contributed by atoms with Gasteiger partial charge in [0.15, 0.2) is 8.32 Å². The molecule has 0 amide bonds. The number of pyridine rings is 2. The summed E-state index contributed by atoms with van der Waals surface area (Å²) >= 11 is 8.22. The molecule has 0 saturated heterocycles. The Bertz CT molecular complexity index is 1310. The van der Waals surface area contributed by atoms with Crippen LogP contribution in [0.1, 0.15) is 52.7 Å². The topological polar surface area (TPSA) is 64.1 Å². The predicted molar refractivity (Wildman–Crippen MR) is 160 cm³/mol. The number of hydrogen-bond donors (Lipinski definition) is 1. The summed E-state index contributed by atoms with van der Waals surface area (Å²) < 4.78 is 36.1. The average molecular weight is 594 g/mol. The van der Waals surface area contributed by atoms with Crippen molar-refractivity contribution in [3.63, 3.8) is 0 Å². The Labute approximate surface area is 239 Å². The van der Waals surface area contributed by atoms with E-state index in [1.54, 1.807) is 18.3 Å². The van der Waals surface area contributed by atoms with Crippen LogP contribution in [0.2, 0.25) is 23.2 Å². The van der Waals surface area contributed by atoms with Crippen molar-refractivity contribution in [2.24, 2.45) is 0 Å². The molecular formula is C28H37ClFN3O2S2Si. The van der Waals surface area contributed by atoms with E-state index in [9.17, 15) is 8.60 Å². The van der Waals surface area contributed by atoms with E-state index in [2.05, 4.69) is 48.6 Å². The molecule has 1 unspecified atom stereocenters. The van der Waals surface area contributed by atoms with Crippen LogP contribution in [0.4, 0.5) is 4.39 Å². The standard InChI is InChI=1S/C28H37ClFN3O2S2Si/c1-27(2,3)37(34)33-17-22-21(19-13-15-31-24(30)16-19)11-12-23(29)25(22)36-26-20(10-9-14-32-26)18-35-38(7,8)28(4,5)6/h9-16,33H,17-18H2,1-8H3. The van der Waals surface area contributed by atoms with Gasteiger partial charge in [0.05, 0.1) is 27.4 Å². The molecule has 1 aromatic carbocycles. The highest BCUT2D eigenvalue weighted by Gasteiger charge is 2.37. The van der Waals surface area contributed by atoms with E-state index in [0.29, 0.717) is 17.2 Å². The zero-order valence-electron chi connectivity index (χ0n) is 23.3. The number of aromatic nitrogens is 2. The first-order valence-electron chi connectivity index (χ1n) is 12.4. The second-order valence-electron chi connectivity index (χ2n) is 11.6. The Hall–Kier alpha value is -1.62. The summed E-state index contributed by atoms with van der Waals surface area (Å²) in [5, 5.41) is 1.40. The molecule has 5 nitrogen and oxygen atoms in total. The van der Waals surface area contributed by atoms with Gasteiger partial charge in [-0.1, -0.05) is 56.3 Å². The molecule has 0 spiro atoms. The Morgan fingerprint density at radius 1 is 1.08 bits per heavy atom. The molecule has 0 saturated carbocycles. The van der Waals surface area contributed by atoms with Crippen molar-refractivity contribution in [2.75, 3.05) is 0 Å². The largest absolute Gasteiger partial charge is 0.412 e. The van der Waals surface area contributed by atoms with E-state index in [4.69, 9.17) is 16.0 Å². The van der Waals surface area contributed by atoms with Crippen LogP contribution < -0.4 is 4.72 Å². The summed E-state index contributed by atoms with van der Waals surface area (Å²) in [6.45, 7) is 17.5. The number of hydrogen-bond acceptors (Lipinski definition) is 5. The summed E-state index contributed by atoms with van der Waals surface area (Å²) in [6.07, 6.45) is 3.19. The number of rotatable bonds is 9. The number of nitrogens with one attached hydrogen (secondary N) is 1. The SMILES string of the molecule is CC(C)(C)S(=O)NCc1c(-c2ccnc(F)c2)ccc(Cl)c1Sc1ncccc1CO[Si](C)(C)C(C)(C)C. The van der Waals surface area contributed by atoms with Crippen molar-refractivity contribution in [3.8, 4) is 11.1 Å². The second kappa shape index (κ2) is 12.3. The Balaban J connectivity index is 2.05. The number of nitrogens with zero attached hydrogens (tertiary/aromatic N) is 2. The normalized spacial score (nSPS) is 13.5. The van der Waals surface area contributed by atoms with Gasteiger partial charge in [0.25, 0.3) is 0 Å². The molecule has 0 aliphatic rings. The van der Waals surface area contributed by atoms with Crippen LogP contribution in [-0.4, -0.2) is 27.2 Å². The fraction of sp³-hybridized carbons (Fsp3) is 0.429. The van der Waals surface area contributed by atoms with Crippen LogP contribution in [0.3, 0.4) is 0 Å². The van der Waals surface area contributed by atoms with Crippen LogP contribution >= 0.6 is 23.4 Å². The van der Waals surface area contributed by atoms with Gasteiger partial charge in [-0.25, -0.2) is 18.9 Å². The smallest absolute Gasteiger partial charge is 0.213 e. The average Bonchev–Trinajstić information content (AvgIpc) is 2.82. The molecule has 3 rings (SSSR count). The van der Waals surface area contributed by atoms with Crippen molar-refractivity contribution < 1.29 is 13.0 Å². The van der Waals surface area contributed by atoms with Crippen LogP contribution in [0, 0.1) is 5.95 Å². The first-order chi connectivity index (χ1) is 17.6. The molecular weight excluding hydrogens is 557 g/mol. The van der Waals surface area contributed by atoms with E-state index in [1.807, 2.05) is 39.0 Å². The zero-order valence-corrected chi connectivity index (χ0v) is 26.7. The summed E-state index contributed by atoms with van der Waals surface area (Å²) in [7, 11) is -3.29. The third kappa shape index (κ3) is 7.73. The summed E-state index contributed by atoms with van der Waals surface area (Å²) in [5.41, 5.74) is 3.23. The van der Waals surface area contributed by atoms with Gasteiger partial charge in [-0.2, -0.15) is 4.39 Å². The van der Waals surface area contributed by atoms with E-state index >= 15 is 0 Å². The summed E-state index contributed by atoms with van der Waals surface area (Å²) in [4.78, 5) is 9.13. The highest BCUT2D eigenvalue weighted by Crippen LogP contribution is 2.42. The Kier molecular flexibility index (Phi) is 9.98. The quantitative estimate of drug-likeness (QED) is 0.200. The molecule has 2 aromatic heterocycles. The molecule has 0 aliphatic heterocycles. The first kappa shape index (κ1) is 30.9. The van der Waals surface area contributed by atoms with E-state index in [1.165, 1.54) is 24.0 Å². The first-order valence-corrected chi connectivity index (χ1v) is 17.7. The Morgan fingerprint density at radius 3 is 2.42 bits per heavy atom. The number of halogens is 2. The molecule has 0 aliphatic carbocycles. The maximum Gasteiger partial charge on any atom is 0.213 e. The molecule has 3 aromatic rings. The van der Waals surface area contributed by atoms with Gasteiger partial charge in [-0.05, 0) is 73.8 Å². The minimum atomic E-state index is -1.97. The highest BCUT2D eigenvalue weighted by atomic mass is 35.5. The van der Waals surface area contributed by atoms with Crippen LogP contribution in [0.15, 0.2) is 58.7 Å². The predicted octanol–water partition coefficient (Wildman–Crippen LogP) is 8.16. The molecule has 10 heteroatoms. The van der Waals surface area contributed by atoms with Crippen LogP contribution in [0.25, 0.3) is 11.1 Å². The molecule has 1 atom stereocenters. The number of benzene rings is 1. The molecule has 2 heterocycles. The fourth-order valence-corrected chi connectivity index (χ4v) is 6.26. The van der Waals surface area contributed by atoms with Gasteiger partial charge in [0.1, 0.15) is 5.03 Å². The minimum Gasteiger partial charge on any atom is -0.412 e.